The zero-order chi connectivity index (χ0) is 15.8. The second kappa shape index (κ2) is 8.46. The maximum atomic E-state index is 12.6. The van der Waals surface area contributed by atoms with Crippen LogP contribution in [0.25, 0.3) is 0 Å². The van der Waals surface area contributed by atoms with Crippen LogP contribution in [0.4, 0.5) is 13.2 Å². The van der Waals surface area contributed by atoms with Crippen molar-refractivity contribution in [3.05, 3.63) is 0 Å². The molecule has 0 heterocycles. The third-order valence-corrected chi connectivity index (χ3v) is 2.88. The molecule has 0 rings (SSSR count). The summed E-state index contributed by atoms with van der Waals surface area (Å²) in [6.45, 7) is 5.06. The summed E-state index contributed by atoms with van der Waals surface area (Å²) < 4.78 is 42.4. The minimum atomic E-state index is -4.28. The molecule has 1 N–H and O–H groups in total. The number of alkyl halides is 3. The zero-order valence-electron chi connectivity index (χ0n) is 12.6. The predicted octanol–water partition coefficient (Wildman–Crippen LogP) is 2.19. The fourth-order valence-electron chi connectivity index (χ4n) is 2.05. The van der Waals surface area contributed by atoms with E-state index < -0.39 is 24.2 Å². The van der Waals surface area contributed by atoms with Crippen LogP contribution >= 0.6 is 0 Å². The predicted molar refractivity (Wildman–Crippen MR) is 71.5 cm³/mol. The Kier molecular flexibility index (Phi) is 8.12. The van der Waals surface area contributed by atoms with Crippen molar-refractivity contribution in [1.29, 1.82) is 0 Å². The van der Waals surface area contributed by atoms with Crippen molar-refractivity contribution < 1.29 is 22.7 Å². The number of ether oxygens (including phenoxy) is 1. The van der Waals surface area contributed by atoms with Crippen LogP contribution in [0.2, 0.25) is 0 Å². The van der Waals surface area contributed by atoms with Gasteiger partial charge in [0.2, 0.25) is 0 Å². The minimum Gasteiger partial charge on any atom is -0.468 e. The zero-order valence-corrected chi connectivity index (χ0v) is 12.6. The van der Waals surface area contributed by atoms with Gasteiger partial charge in [0.1, 0.15) is 5.54 Å². The van der Waals surface area contributed by atoms with Gasteiger partial charge in [-0.1, -0.05) is 13.8 Å². The number of carbonyl (C=O) groups is 1. The van der Waals surface area contributed by atoms with Gasteiger partial charge in [0, 0.05) is 6.54 Å². The maximum absolute atomic E-state index is 12.6. The van der Waals surface area contributed by atoms with Crippen LogP contribution in [0.5, 0.6) is 0 Å². The molecule has 0 aliphatic rings. The van der Waals surface area contributed by atoms with Crippen LogP contribution < -0.4 is 5.32 Å². The van der Waals surface area contributed by atoms with Gasteiger partial charge >= 0.3 is 12.1 Å². The van der Waals surface area contributed by atoms with Crippen LogP contribution in [0.1, 0.15) is 33.6 Å². The lowest BCUT2D eigenvalue weighted by molar-refractivity contribution is -0.157. The van der Waals surface area contributed by atoms with Gasteiger partial charge < -0.3 is 10.1 Å². The summed E-state index contributed by atoms with van der Waals surface area (Å²) in [4.78, 5) is 13.1. The molecule has 1 unspecified atom stereocenters. The Labute approximate surface area is 118 Å². The average Bonchev–Trinajstić information content (AvgIpc) is 2.33. The topological polar surface area (TPSA) is 41.6 Å². The molecule has 20 heavy (non-hydrogen) atoms. The van der Waals surface area contributed by atoms with Crippen molar-refractivity contribution in [3.63, 3.8) is 0 Å². The Morgan fingerprint density at radius 3 is 2.20 bits per heavy atom. The van der Waals surface area contributed by atoms with Crippen molar-refractivity contribution in [2.45, 2.75) is 45.3 Å². The van der Waals surface area contributed by atoms with E-state index in [1.807, 2.05) is 6.92 Å². The second-order valence-corrected chi connectivity index (χ2v) is 5.08. The number of rotatable bonds is 9. The van der Waals surface area contributed by atoms with E-state index in [1.165, 1.54) is 12.0 Å². The van der Waals surface area contributed by atoms with Gasteiger partial charge in [-0.3, -0.25) is 9.69 Å². The Morgan fingerprint density at radius 1 is 1.20 bits per heavy atom. The lowest BCUT2D eigenvalue weighted by atomic mass is 10.0. The number of hydrogen-bond donors (Lipinski definition) is 1. The lowest BCUT2D eigenvalue weighted by Gasteiger charge is -2.34. The van der Waals surface area contributed by atoms with Crippen LogP contribution in [0.3, 0.4) is 0 Å². The van der Waals surface area contributed by atoms with E-state index >= 15 is 0 Å². The lowest BCUT2D eigenvalue weighted by Crippen LogP contribution is -2.58. The highest BCUT2D eigenvalue weighted by Crippen LogP contribution is 2.19. The fraction of sp³-hybridized carbons (Fsp3) is 0.923. The third-order valence-electron chi connectivity index (χ3n) is 2.88. The maximum Gasteiger partial charge on any atom is 0.401 e. The Hall–Kier alpha value is -0.820. The van der Waals surface area contributed by atoms with Gasteiger partial charge in [-0.25, -0.2) is 0 Å². The van der Waals surface area contributed by atoms with Gasteiger partial charge in [-0.2, -0.15) is 13.2 Å². The number of nitrogens with one attached hydrogen (secondary N) is 1. The van der Waals surface area contributed by atoms with Gasteiger partial charge in [0.25, 0.3) is 0 Å². The summed E-state index contributed by atoms with van der Waals surface area (Å²) in [5.74, 6) is -0.547. The molecular formula is C13H25F3N2O2. The Bertz CT molecular complexity index is 298. The van der Waals surface area contributed by atoms with Crippen molar-refractivity contribution in [2.24, 2.45) is 0 Å². The first-order chi connectivity index (χ1) is 9.18. The van der Waals surface area contributed by atoms with Crippen molar-refractivity contribution in [3.8, 4) is 0 Å². The molecule has 0 amide bonds. The molecule has 0 fully saturated rings. The van der Waals surface area contributed by atoms with E-state index in [0.29, 0.717) is 13.0 Å². The van der Waals surface area contributed by atoms with Gasteiger partial charge in [-0.05, 0) is 32.9 Å². The van der Waals surface area contributed by atoms with E-state index in [0.717, 1.165) is 6.42 Å². The van der Waals surface area contributed by atoms with Crippen molar-refractivity contribution >= 4 is 5.97 Å². The molecule has 0 radical (unpaired) electrons. The number of hydrogen-bond acceptors (Lipinski definition) is 4. The summed E-state index contributed by atoms with van der Waals surface area (Å²) in [5, 5.41) is 2.99. The van der Waals surface area contributed by atoms with Crippen molar-refractivity contribution in [1.82, 2.24) is 10.2 Å². The number of carbonyl (C=O) groups excluding carboxylic acids is 1. The van der Waals surface area contributed by atoms with Crippen molar-refractivity contribution in [2.75, 3.05) is 33.3 Å². The number of halogens is 3. The number of esters is 1. The first-order valence-corrected chi connectivity index (χ1v) is 6.81. The summed E-state index contributed by atoms with van der Waals surface area (Å²) >= 11 is 0. The first kappa shape index (κ1) is 19.2. The van der Waals surface area contributed by atoms with E-state index in [-0.39, 0.29) is 13.1 Å². The first-order valence-electron chi connectivity index (χ1n) is 6.81. The van der Waals surface area contributed by atoms with Crippen LogP contribution in [0, 0.1) is 0 Å². The molecule has 0 saturated carbocycles. The molecule has 7 heteroatoms. The van der Waals surface area contributed by atoms with E-state index in [9.17, 15) is 18.0 Å². The molecule has 0 bridgehead atoms. The normalized spacial score (nSPS) is 15.2. The summed E-state index contributed by atoms with van der Waals surface area (Å²) in [7, 11) is 1.24. The molecule has 0 aromatic carbocycles. The Morgan fingerprint density at radius 2 is 1.80 bits per heavy atom. The highest BCUT2D eigenvalue weighted by Gasteiger charge is 2.39. The largest absolute Gasteiger partial charge is 0.468 e. The standard InChI is InChI=1S/C13H25F3N2O2/c1-5-7-17-12(3,11(19)20-4)9-18(8-6-2)10-13(14,15)16/h17H,5-10H2,1-4H3. The van der Waals surface area contributed by atoms with Crippen LogP contribution in [0.15, 0.2) is 0 Å². The molecule has 1 atom stereocenters. The smallest absolute Gasteiger partial charge is 0.401 e. The van der Waals surface area contributed by atoms with E-state index in [4.69, 9.17) is 4.74 Å². The average molecular weight is 298 g/mol. The summed E-state index contributed by atoms with van der Waals surface area (Å²) in [5.41, 5.74) is -1.13. The molecule has 0 aromatic rings. The molecule has 0 aliphatic heterocycles. The van der Waals surface area contributed by atoms with Gasteiger partial charge in [0.05, 0.1) is 13.7 Å². The quantitative estimate of drug-likeness (QED) is 0.663. The van der Waals surface area contributed by atoms with Crippen LogP contribution in [-0.4, -0.2) is 55.9 Å². The monoisotopic (exact) mass is 298 g/mol. The highest BCUT2D eigenvalue weighted by molar-refractivity contribution is 5.80. The highest BCUT2D eigenvalue weighted by atomic mass is 19.4. The summed E-state index contributed by atoms with van der Waals surface area (Å²) in [6, 6.07) is 0. The molecular weight excluding hydrogens is 273 g/mol. The van der Waals surface area contributed by atoms with Crippen LogP contribution in [-0.2, 0) is 9.53 Å². The number of methoxy groups -OCH3 is 1. The molecule has 0 spiro atoms. The molecule has 4 nitrogen and oxygen atoms in total. The molecule has 0 aromatic heterocycles. The van der Waals surface area contributed by atoms with E-state index in [1.54, 1.807) is 13.8 Å². The fourth-order valence-corrected chi connectivity index (χ4v) is 2.05. The second-order valence-electron chi connectivity index (χ2n) is 5.08. The molecule has 0 saturated heterocycles. The van der Waals surface area contributed by atoms with E-state index in [2.05, 4.69) is 5.32 Å². The number of nitrogens with zero attached hydrogens (tertiary/aromatic N) is 1. The molecule has 120 valence electrons. The van der Waals surface area contributed by atoms with Gasteiger partial charge in [-0.15, -0.1) is 0 Å². The van der Waals surface area contributed by atoms with Gasteiger partial charge in [0.15, 0.2) is 0 Å². The third kappa shape index (κ3) is 7.09. The minimum absolute atomic E-state index is 0.0347. The Balaban J connectivity index is 4.92. The molecule has 0 aliphatic carbocycles. The summed E-state index contributed by atoms with van der Waals surface area (Å²) in [6.07, 6.45) is -2.92. The SMILES string of the molecule is CCCNC(C)(CN(CCC)CC(F)(F)F)C(=O)OC.